The number of nitrogens with zero attached hydrogens (tertiary/aromatic N) is 3. The molecule has 0 aliphatic carbocycles. The summed E-state index contributed by atoms with van der Waals surface area (Å²) in [5, 5.41) is 9.75. The predicted molar refractivity (Wildman–Crippen MR) is 95.2 cm³/mol. The van der Waals surface area contributed by atoms with Gasteiger partial charge >= 0.3 is 6.03 Å². The fraction of sp³-hybridized carbons (Fsp3) is 0.176. The van der Waals surface area contributed by atoms with Crippen molar-refractivity contribution in [2.75, 3.05) is 10.6 Å². The van der Waals surface area contributed by atoms with Crippen molar-refractivity contribution in [3.05, 3.63) is 64.2 Å². The lowest BCUT2D eigenvalue weighted by molar-refractivity contribution is 0.262. The lowest BCUT2D eigenvalue weighted by atomic mass is 10.3. The Morgan fingerprint density at radius 3 is 2.68 bits per heavy atom. The molecule has 0 aliphatic heterocycles. The maximum atomic E-state index is 12.2. The van der Waals surface area contributed by atoms with Crippen LogP contribution in [0.4, 0.5) is 16.3 Å². The number of amides is 2. The molecular weight excluding hydrogens is 320 g/mol. The van der Waals surface area contributed by atoms with Gasteiger partial charge in [0.15, 0.2) is 0 Å². The molecule has 0 bridgehead atoms. The van der Waals surface area contributed by atoms with Crippen LogP contribution >= 0.6 is 0 Å². The Morgan fingerprint density at radius 1 is 1.20 bits per heavy atom. The number of hydrogen-bond donors (Lipinski definition) is 3. The quantitative estimate of drug-likeness (QED) is 0.679. The minimum Gasteiger partial charge on any atom is -0.308 e. The minimum absolute atomic E-state index is 0.257. The van der Waals surface area contributed by atoms with E-state index in [9.17, 15) is 9.59 Å². The van der Waals surface area contributed by atoms with Gasteiger partial charge in [0, 0.05) is 23.5 Å². The summed E-state index contributed by atoms with van der Waals surface area (Å²) in [4.78, 5) is 31.0. The highest BCUT2D eigenvalue weighted by Crippen LogP contribution is 2.15. The van der Waals surface area contributed by atoms with Crippen molar-refractivity contribution in [1.29, 1.82) is 0 Å². The van der Waals surface area contributed by atoms with Gasteiger partial charge in [0.1, 0.15) is 5.82 Å². The van der Waals surface area contributed by atoms with Crippen LogP contribution in [0, 0.1) is 6.92 Å². The number of para-hydroxylation sites is 1. The number of benzene rings is 1. The van der Waals surface area contributed by atoms with Gasteiger partial charge < -0.3 is 5.32 Å². The molecule has 3 N–H and O–H groups in total. The summed E-state index contributed by atoms with van der Waals surface area (Å²) in [6.07, 6.45) is 0.619. The molecule has 0 fully saturated rings. The standard InChI is InChI=1S/C17H18N6O2/c1-3-12-10-15(24)21-16(18-12)23-14(9-11(2)22-23)20-17(25)19-13-7-5-4-6-8-13/h4-10H,3H2,1-2H3,(H,18,21,24)(H2,19,20,25). The van der Waals surface area contributed by atoms with Crippen molar-refractivity contribution >= 4 is 17.5 Å². The Balaban J connectivity index is 1.87. The van der Waals surface area contributed by atoms with Gasteiger partial charge in [-0.1, -0.05) is 25.1 Å². The van der Waals surface area contributed by atoms with E-state index in [1.807, 2.05) is 25.1 Å². The number of carbonyl (C=O) groups is 1. The third-order valence-corrected chi connectivity index (χ3v) is 3.45. The topological polar surface area (TPSA) is 105 Å². The highest BCUT2D eigenvalue weighted by Gasteiger charge is 2.13. The summed E-state index contributed by atoms with van der Waals surface area (Å²) in [5.41, 5.74) is 1.73. The Bertz CT molecular complexity index is 945. The van der Waals surface area contributed by atoms with Gasteiger partial charge in [-0.3, -0.25) is 15.1 Å². The number of H-pyrrole nitrogens is 1. The molecule has 1 aromatic carbocycles. The Hall–Kier alpha value is -3.42. The summed E-state index contributed by atoms with van der Waals surface area (Å²) in [7, 11) is 0. The van der Waals surface area contributed by atoms with Crippen LogP contribution in [0.3, 0.4) is 0 Å². The zero-order valence-electron chi connectivity index (χ0n) is 13.9. The second-order valence-corrected chi connectivity index (χ2v) is 5.44. The number of aromatic nitrogens is 4. The zero-order chi connectivity index (χ0) is 17.8. The lowest BCUT2D eigenvalue weighted by Gasteiger charge is -2.10. The molecule has 0 spiro atoms. The van der Waals surface area contributed by atoms with E-state index in [0.29, 0.717) is 29.3 Å². The second kappa shape index (κ2) is 7.00. The van der Waals surface area contributed by atoms with E-state index >= 15 is 0 Å². The largest absolute Gasteiger partial charge is 0.324 e. The number of hydrogen-bond acceptors (Lipinski definition) is 4. The minimum atomic E-state index is -0.415. The first-order chi connectivity index (χ1) is 12.0. The third kappa shape index (κ3) is 3.92. The number of aryl methyl sites for hydroxylation is 2. The van der Waals surface area contributed by atoms with Crippen LogP contribution in [-0.2, 0) is 6.42 Å². The Morgan fingerprint density at radius 2 is 1.96 bits per heavy atom. The zero-order valence-corrected chi connectivity index (χ0v) is 13.9. The summed E-state index contributed by atoms with van der Waals surface area (Å²) < 4.78 is 1.40. The molecular formula is C17H18N6O2. The van der Waals surface area contributed by atoms with Gasteiger partial charge in [0.2, 0.25) is 5.95 Å². The van der Waals surface area contributed by atoms with Gasteiger partial charge in [-0.15, -0.1) is 0 Å². The van der Waals surface area contributed by atoms with Crippen molar-refractivity contribution < 1.29 is 4.79 Å². The molecule has 0 atom stereocenters. The van der Waals surface area contributed by atoms with E-state index in [0.717, 1.165) is 0 Å². The maximum Gasteiger partial charge on any atom is 0.324 e. The average Bonchev–Trinajstić information content (AvgIpc) is 2.95. The van der Waals surface area contributed by atoms with Crippen LogP contribution in [0.25, 0.3) is 5.95 Å². The lowest BCUT2D eigenvalue weighted by Crippen LogP contribution is -2.22. The van der Waals surface area contributed by atoms with E-state index in [2.05, 4.69) is 25.7 Å². The van der Waals surface area contributed by atoms with E-state index < -0.39 is 6.03 Å². The molecule has 2 amide bonds. The van der Waals surface area contributed by atoms with Gasteiger partial charge in [0.05, 0.1) is 5.69 Å². The summed E-state index contributed by atoms with van der Waals surface area (Å²) in [6, 6.07) is 11.8. The first-order valence-electron chi connectivity index (χ1n) is 7.85. The van der Waals surface area contributed by atoms with Crippen molar-refractivity contribution in [2.24, 2.45) is 0 Å². The number of aromatic amines is 1. The number of urea groups is 1. The normalized spacial score (nSPS) is 10.5. The number of anilines is 2. The summed E-state index contributed by atoms with van der Waals surface area (Å²) >= 11 is 0. The van der Waals surface area contributed by atoms with Crippen molar-refractivity contribution in [2.45, 2.75) is 20.3 Å². The highest BCUT2D eigenvalue weighted by molar-refractivity contribution is 5.99. The van der Waals surface area contributed by atoms with Gasteiger partial charge in [-0.2, -0.15) is 9.78 Å². The molecule has 0 unspecified atom stereocenters. The van der Waals surface area contributed by atoms with Crippen LogP contribution in [0.15, 0.2) is 47.3 Å². The first kappa shape index (κ1) is 16.4. The number of nitrogens with one attached hydrogen (secondary N) is 3. The molecule has 8 nitrogen and oxygen atoms in total. The summed E-state index contributed by atoms with van der Waals surface area (Å²) in [5.74, 6) is 0.662. The van der Waals surface area contributed by atoms with E-state index in [4.69, 9.17) is 0 Å². The van der Waals surface area contributed by atoms with Gasteiger partial charge in [0.25, 0.3) is 5.56 Å². The molecule has 0 saturated heterocycles. The molecule has 25 heavy (non-hydrogen) atoms. The SMILES string of the molecule is CCc1cc(=O)[nH]c(-n2nc(C)cc2NC(=O)Nc2ccccc2)n1. The average molecular weight is 338 g/mol. The van der Waals surface area contributed by atoms with E-state index in [1.165, 1.54) is 10.7 Å². The van der Waals surface area contributed by atoms with E-state index in [-0.39, 0.29) is 11.5 Å². The monoisotopic (exact) mass is 338 g/mol. The Labute approximate surface area is 143 Å². The summed E-state index contributed by atoms with van der Waals surface area (Å²) in [6.45, 7) is 3.70. The molecule has 2 aromatic heterocycles. The molecule has 0 saturated carbocycles. The van der Waals surface area contributed by atoms with Crippen LogP contribution in [0.1, 0.15) is 18.3 Å². The molecule has 8 heteroatoms. The smallest absolute Gasteiger partial charge is 0.308 e. The maximum absolute atomic E-state index is 12.2. The number of rotatable bonds is 4. The fourth-order valence-electron chi connectivity index (χ4n) is 2.33. The molecule has 128 valence electrons. The predicted octanol–water partition coefficient (Wildman–Crippen LogP) is 2.47. The van der Waals surface area contributed by atoms with Crippen molar-refractivity contribution in [3.63, 3.8) is 0 Å². The van der Waals surface area contributed by atoms with Gasteiger partial charge in [-0.25, -0.2) is 9.78 Å². The molecule has 3 aromatic rings. The molecule has 3 rings (SSSR count). The van der Waals surface area contributed by atoms with Gasteiger partial charge in [-0.05, 0) is 25.5 Å². The highest BCUT2D eigenvalue weighted by atomic mass is 16.2. The van der Waals surface area contributed by atoms with Crippen LogP contribution in [0.5, 0.6) is 0 Å². The third-order valence-electron chi connectivity index (χ3n) is 3.45. The van der Waals surface area contributed by atoms with Crippen molar-refractivity contribution in [1.82, 2.24) is 19.7 Å². The molecule has 0 aliphatic rings. The van der Waals surface area contributed by atoms with Crippen LogP contribution in [0.2, 0.25) is 0 Å². The first-order valence-corrected chi connectivity index (χ1v) is 7.85. The van der Waals surface area contributed by atoms with Crippen LogP contribution in [-0.4, -0.2) is 25.8 Å². The fourth-order valence-corrected chi connectivity index (χ4v) is 2.33. The Kier molecular flexibility index (Phi) is 4.60. The van der Waals surface area contributed by atoms with Crippen molar-refractivity contribution in [3.8, 4) is 5.95 Å². The second-order valence-electron chi connectivity index (χ2n) is 5.44. The van der Waals surface area contributed by atoms with Crippen LogP contribution < -0.4 is 16.2 Å². The molecule has 2 heterocycles. The van der Waals surface area contributed by atoms with E-state index in [1.54, 1.807) is 25.1 Å². The molecule has 0 radical (unpaired) electrons. The number of carbonyl (C=O) groups excluding carboxylic acids is 1.